The number of carbonyl (C=O) groups excluding carboxylic acids is 3. The number of anilines is 1. The molecule has 43 heavy (non-hydrogen) atoms. The van der Waals surface area contributed by atoms with Gasteiger partial charge in [0, 0.05) is 44.7 Å². The van der Waals surface area contributed by atoms with Gasteiger partial charge in [-0.2, -0.15) is 0 Å². The van der Waals surface area contributed by atoms with Gasteiger partial charge in [-0.15, -0.1) is 0 Å². The zero-order valence-corrected chi connectivity index (χ0v) is 27.1. The third-order valence-electron chi connectivity index (χ3n) is 8.95. The number of nitrogens with one attached hydrogen (secondary N) is 2. The van der Waals surface area contributed by atoms with Crippen molar-refractivity contribution in [3.63, 3.8) is 0 Å². The summed E-state index contributed by atoms with van der Waals surface area (Å²) in [5, 5.41) is 4.88. The van der Waals surface area contributed by atoms with E-state index < -0.39 is 0 Å². The Kier molecular flexibility index (Phi) is 11.6. The lowest BCUT2D eigenvalue weighted by molar-refractivity contribution is -0.132. The van der Waals surface area contributed by atoms with E-state index in [9.17, 15) is 14.4 Å². The second-order valence-electron chi connectivity index (χ2n) is 13.7. The van der Waals surface area contributed by atoms with Gasteiger partial charge in [-0.3, -0.25) is 19.5 Å². The number of amides is 4. The minimum Gasteiger partial charge on any atom is -0.494 e. The van der Waals surface area contributed by atoms with Gasteiger partial charge in [-0.1, -0.05) is 38.5 Å². The highest BCUT2D eigenvalue weighted by molar-refractivity contribution is 5.79. The van der Waals surface area contributed by atoms with Crippen LogP contribution in [0.4, 0.5) is 10.5 Å². The summed E-state index contributed by atoms with van der Waals surface area (Å²) in [5.41, 5.74) is 4.66. The summed E-state index contributed by atoms with van der Waals surface area (Å²) in [6.45, 7) is 7.52. The van der Waals surface area contributed by atoms with Gasteiger partial charge in [0.25, 0.3) is 0 Å². The van der Waals surface area contributed by atoms with E-state index in [0.717, 1.165) is 55.5 Å². The summed E-state index contributed by atoms with van der Waals surface area (Å²) in [7, 11) is 3.81. The van der Waals surface area contributed by atoms with E-state index in [1.165, 1.54) is 25.7 Å². The number of carbonyl (C=O) groups is 3. The number of fused-ring (bicyclic) bond motifs is 1. The van der Waals surface area contributed by atoms with Crippen LogP contribution >= 0.6 is 0 Å². The number of hydrogen-bond acceptors (Lipinski definition) is 6. The summed E-state index contributed by atoms with van der Waals surface area (Å²) in [6, 6.07) is 6.37. The van der Waals surface area contributed by atoms with E-state index in [2.05, 4.69) is 10.7 Å². The molecule has 2 aliphatic carbocycles. The maximum atomic E-state index is 13.3. The van der Waals surface area contributed by atoms with Crippen LogP contribution in [0.15, 0.2) is 18.2 Å². The van der Waals surface area contributed by atoms with Gasteiger partial charge >= 0.3 is 6.03 Å². The molecule has 0 saturated heterocycles. The van der Waals surface area contributed by atoms with Crippen LogP contribution in [0.3, 0.4) is 0 Å². The molecule has 1 aliphatic heterocycles. The molecule has 1 aromatic carbocycles. The Morgan fingerprint density at radius 3 is 2.19 bits per heavy atom. The second-order valence-corrected chi connectivity index (χ2v) is 13.7. The maximum absolute atomic E-state index is 13.3. The Bertz CT molecular complexity index is 1090. The van der Waals surface area contributed by atoms with Crippen molar-refractivity contribution in [2.24, 2.45) is 0 Å². The first-order valence-electron chi connectivity index (χ1n) is 16.4. The molecule has 1 aromatic rings. The number of nitrogens with zero attached hydrogens (tertiary/aromatic N) is 4. The Morgan fingerprint density at radius 2 is 1.56 bits per heavy atom. The summed E-state index contributed by atoms with van der Waals surface area (Å²) in [6.07, 6.45) is 12.6. The van der Waals surface area contributed by atoms with Crippen molar-refractivity contribution in [3.8, 4) is 5.75 Å². The van der Waals surface area contributed by atoms with Crippen LogP contribution in [0.25, 0.3) is 0 Å². The molecular formula is C33H54N6O4. The summed E-state index contributed by atoms with van der Waals surface area (Å²) < 4.78 is 6.08. The van der Waals surface area contributed by atoms with Crippen LogP contribution in [0.5, 0.6) is 5.75 Å². The molecule has 3 aliphatic rings. The van der Waals surface area contributed by atoms with Crippen molar-refractivity contribution >= 4 is 23.5 Å². The smallest absolute Gasteiger partial charge is 0.336 e. The molecule has 10 nitrogen and oxygen atoms in total. The third kappa shape index (κ3) is 9.74. The van der Waals surface area contributed by atoms with E-state index in [1.54, 1.807) is 0 Å². The lowest BCUT2D eigenvalue weighted by atomic mass is 9.94. The Morgan fingerprint density at radius 1 is 0.930 bits per heavy atom. The van der Waals surface area contributed by atoms with E-state index >= 15 is 0 Å². The number of urea groups is 1. The van der Waals surface area contributed by atoms with Gasteiger partial charge in [-0.25, -0.2) is 10.2 Å². The molecule has 4 rings (SSSR count). The van der Waals surface area contributed by atoms with Gasteiger partial charge in [-0.05, 0) is 76.6 Å². The number of hydrazine groups is 1. The third-order valence-corrected chi connectivity index (χ3v) is 8.95. The fourth-order valence-electron chi connectivity index (χ4n) is 6.56. The molecule has 1 heterocycles. The first-order valence-corrected chi connectivity index (χ1v) is 16.4. The molecule has 0 radical (unpaired) electrons. The lowest BCUT2D eigenvalue weighted by Gasteiger charge is -2.40. The highest BCUT2D eigenvalue weighted by atomic mass is 16.5. The van der Waals surface area contributed by atoms with Crippen LogP contribution in [0.1, 0.15) is 103 Å². The molecular weight excluding hydrogens is 544 g/mol. The molecule has 2 N–H and O–H groups in total. The number of hydrogen-bond donors (Lipinski definition) is 2. The lowest BCUT2D eigenvalue weighted by Crippen LogP contribution is -2.57. The van der Waals surface area contributed by atoms with Crippen LogP contribution in [-0.4, -0.2) is 84.1 Å². The fraction of sp³-hybridized carbons (Fsp3) is 0.727. The topological polar surface area (TPSA) is 97.5 Å². The van der Waals surface area contributed by atoms with Crippen molar-refractivity contribution in [2.75, 3.05) is 38.9 Å². The maximum Gasteiger partial charge on any atom is 0.336 e. The number of benzene rings is 1. The van der Waals surface area contributed by atoms with Crippen LogP contribution in [0.2, 0.25) is 0 Å². The molecule has 4 amide bonds. The molecule has 2 saturated carbocycles. The zero-order chi connectivity index (χ0) is 31.0. The standard InChI is InChI=1S/C33H54N6O4/c1-33(2,3)34-30(40)23-38-22-25-21-28(43-20-12-17-31(41)36(4)26-13-8-6-9-14-26)18-19-29(25)39(24-38)35-32(42)37(5)27-15-10-7-11-16-27/h18-19,21,26-27H,6-17,20,22-24H2,1-5H3,(H,34,40)(H,35,42). The van der Waals surface area contributed by atoms with Crippen LogP contribution in [-0.2, 0) is 16.1 Å². The quantitative estimate of drug-likeness (QED) is 0.367. The molecule has 0 aromatic heterocycles. The molecule has 10 heteroatoms. The monoisotopic (exact) mass is 598 g/mol. The molecule has 0 bridgehead atoms. The summed E-state index contributed by atoms with van der Waals surface area (Å²) in [4.78, 5) is 44.6. The Hall–Kier alpha value is -3.01. The van der Waals surface area contributed by atoms with Crippen molar-refractivity contribution in [2.45, 2.75) is 122 Å². The van der Waals surface area contributed by atoms with Crippen molar-refractivity contribution in [1.29, 1.82) is 0 Å². The van der Waals surface area contributed by atoms with E-state index in [-0.39, 0.29) is 36.0 Å². The van der Waals surface area contributed by atoms with E-state index in [0.29, 0.717) is 38.7 Å². The highest BCUT2D eigenvalue weighted by Gasteiger charge is 2.29. The van der Waals surface area contributed by atoms with Crippen molar-refractivity contribution in [3.05, 3.63) is 23.8 Å². The normalized spacial score (nSPS) is 18.5. The average Bonchev–Trinajstić information content (AvgIpc) is 2.98. The number of rotatable bonds is 10. The van der Waals surface area contributed by atoms with Gasteiger partial charge in [0.05, 0.1) is 25.5 Å². The fourth-order valence-corrected chi connectivity index (χ4v) is 6.56. The molecule has 240 valence electrons. The molecule has 0 atom stereocenters. The van der Waals surface area contributed by atoms with Gasteiger partial charge < -0.3 is 19.9 Å². The largest absolute Gasteiger partial charge is 0.494 e. The highest BCUT2D eigenvalue weighted by Crippen LogP contribution is 2.31. The zero-order valence-electron chi connectivity index (χ0n) is 27.1. The van der Waals surface area contributed by atoms with Gasteiger partial charge in [0.15, 0.2) is 0 Å². The molecule has 0 unspecified atom stereocenters. The minimum atomic E-state index is -0.324. The average molecular weight is 599 g/mol. The predicted octanol–water partition coefficient (Wildman–Crippen LogP) is 5.02. The SMILES string of the molecule is CN(C(=O)CCCOc1ccc2c(c1)CN(CC(=O)NC(C)(C)C)CN2NC(=O)N(C)C1CCCCC1)C1CCCCC1. The first-order chi connectivity index (χ1) is 20.5. The number of ether oxygens (including phenoxy) is 1. The minimum absolute atomic E-state index is 0.0585. The molecule has 0 spiro atoms. The Balaban J connectivity index is 1.38. The van der Waals surface area contributed by atoms with Crippen molar-refractivity contribution in [1.82, 2.24) is 25.4 Å². The Labute approximate surface area is 258 Å². The van der Waals surface area contributed by atoms with Crippen molar-refractivity contribution < 1.29 is 19.1 Å². The van der Waals surface area contributed by atoms with Crippen LogP contribution < -0.4 is 20.5 Å². The predicted molar refractivity (Wildman–Crippen MR) is 170 cm³/mol. The molecule has 2 fully saturated rings. The van der Waals surface area contributed by atoms with Gasteiger partial charge in [0.1, 0.15) is 5.75 Å². The summed E-state index contributed by atoms with van der Waals surface area (Å²) in [5.74, 6) is 0.852. The van der Waals surface area contributed by atoms with Crippen LogP contribution in [0, 0.1) is 0 Å². The van der Waals surface area contributed by atoms with E-state index in [1.807, 2.05) is 72.8 Å². The first kappa shape index (κ1) is 32.9. The van der Waals surface area contributed by atoms with E-state index in [4.69, 9.17) is 4.74 Å². The summed E-state index contributed by atoms with van der Waals surface area (Å²) >= 11 is 0. The second kappa shape index (κ2) is 15.1. The van der Waals surface area contributed by atoms with Gasteiger partial charge in [0.2, 0.25) is 11.8 Å².